The average Bonchev–Trinajstić information content (AvgIpc) is 2.63. The monoisotopic (exact) mass is 330 g/mol. The van der Waals surface area contributed by atoms with E-state index in [2.05, 4.69) is 41.3 Å². The predicted octanol–water partition coefficient (Wildman–Crippen LogP) is 3.47. The fraction of sp³-hybridized carbons (Fsp3) is 0.150. The van der Waals surface area contributed by atoms with E-state index in [0.29, 0.717) is 17.9 Å². The minimum Gasteiger partial charge on any atom is -0.379 e. The van der Waals surface area contributed by atoms with Crippen molar-refractivity contribution < 1.29 is 0 Å². The number of anilines is 1. The van der Waals surface area contributed by atoms with Crippen LogP contribution in [0.5, 0.6) is 0 Å². The second kappa shape index (κ2) is 6.02. The molecule has 0 saturated heterocycles. The van der Waals surface area contributed by atoms with E-state index in [9.17, 15) is 4.79 Å². The van der Waals surface area contributed by atoms with Crippen LogP contribution in [0.2, 0.25) is 0 Å². The molecule has 124 valence electrons. The number of rotatable bonds is 3. The number of aryl methyl sites for hydroxylation is 2. The number of hydrogen-bond donors (Lipinski definition) is 1. The lowest BCUT2D eigenvalue weighted by molar-refractivity contribution is 0.972. The molecule has 4 aromatic rings. The molecule has 4 rings (SSSR count). The van der Waals surface area contributed by atoms with Crippen LogP contribution in [0.4, 0.5) is 5.69 Å². The molecule has 5 nitrogen and oxygen atoms in total. The van der Waals surface area contributed by atoms with E-state index in [1.165, 1.54) is 15.5 Å². The minimum absolute atomic E-state index is 0.0755. The quantitative estimate of drug-likeness (QED) is 0.625. The Balaban J connectivity index is 1.69. The third-order valence-electron chi connectivity index (χ3n) is 4.52. The van der Waals surface area contributed by atoms with Crippen molar-refractivity contribution in [3.8, 4) is 0 Å². The highest BCUT2D eigenvalue weighted by molar-refractivity contribution is 5.93. The first-order valence-corrected chi connectivity index (χ1v) is 8.19. The molecule has 0 saturated carbocycles. The number of aromatic nitrogens is 3. The molecular formula is C20H18N4O. The lowest BCUT2D eigenvalue weighted by Crippen LogP contribution is -2.16. The number of benzene rings is 1. The van der Waals surface area contributed by atoms with E-state index < -0.39 is 0 Å². The van der Waals surface area contributed by atoms with Crippen LogP contribution in [0.3, 0.4) is 0 Å². The van der Waals surface area contributed by atoms with Crippen molar-refractivity contribution in [1.82, 2.24) is 14.4 Å². The Bertz CT molecular complexity index is 1150. The molecule has 1 aromatic carbocycles. The second-order valence-electron chi connectivity index (χ2n) is 6.13. The summed E-state index contributed by atoms with van der Waals surface area (Å²) in [4.78, 5) is 21.2. The van der Waals surface area contributed by atoms with Gasteiger partial charge in [-0.2, -0.15) is 0 Å². The molecule has 0 radical (unpaired) electrons. The van der Waals surface area contributed by atoms with E-state index in [4.69, 9.17) is 0 Å². The van der Waals surface area contributed by atoms with Crippen molar-refractivity contribution in [2.24, 2.45) is 0 Å². The van der Waals surface area contributed by atoms with Crippen molar-refractivity contribution >= 4 is 22.2 Å². The molecule has 0 spiro atoms. The highest BCUT2D eigenvalue weighted by atomic mass is 16.1. The molecule has 0 aliphatic heterocycles. The summed E-state index contributed by atoms with van der Waals surface area (Å²) in [5.41, 5.74) is 5.68. The van der Waals surface area contributed by atoms with Gasteiger partial charge in [-0.05, 0) is 43.2 Å². The van der Waals surface area contributed by atoms with Crippen LogP contribution in [-0.2, 0) is 6.54 Å². The van der Waals surface area contributed by atoms with Crippen LogP contribution in [0.1, 0.15) is 16.8 Å². The van der Waals surface area contributed by atoms with Gasteiger partial charge in [0, 0.05) is 29.5 Å². The van der Waals surface area contributed by atoms with E-state index in [0.717, 1.165) is 16.6 Å². The average molecular weight is 330 g/mol. The summed E-state index contributed by atoms with van der Waals surface area (Å²) in [6, 6.07) is 13.2. The topological polar surface area (TPSA) is 59.3 Å². The number of pyridine rings is 2. The number of nitrogens with one attached hydrogen (secondary N) is 1. The van der Waals surface area contributed by atoms with Gasteiger partial charge >= 0.3 is 0 Å². The van der Waals surface area contributed by atoms with Gasteiger partial charge in [0.2, 0.25) is 0 Å². The van der Waals surface area contributed by atoms with Gasteiger partial charge in [0.25, 0.3) is 5.56 Å². The van der Waals surface area contributed by atoms with Crippen LogP contribution in [0.25, 0.3) is 16.6 Å². The maximum absolute atomic E-state index is 12.2. The Labute approximate surface area is 145 Å². The van der Waals surface area contributed by atoms with Crippen molar-refractivity contribution in [3.63, 3.8) is 0 Å². The molecule has 0 aliphatic carbocycles. The summed E-state index contributed by atoms with van der Waals surface area (Å²) in [7, 11) is 0. The van der Waals surface area contributed by atoms with Crippen LogP contribution in [-0.4, -0.2) is 14.4 Å². The van der Waals surface area contributed by atoms with Gasteiger partial charge in [-0.3, -0.25) is 14.2 Å². The summed E-state index contributed by atoms with van der Waals surface area (Å²) in [5.74, 6) is 0. The van der Waals surface area contributed by atoms with Crippen LogP contribution in [0, 0.1) is 13.8 Å². The molecular weight excluding hydrogens is 312 g/mol. The molecule has 3 aromatic heterocycles. The van der Waals surface area contributed by atoms with E-state index >= 15 is 0 Å². The van der Waals surface area contributed by atoms with Gasteiger partial charge in [0.1, 0.15) is 5.65 Å². The molecule has 0 unspecified atom stereocenters. The van der Waals surface area contributed by atoms with Crippen molar-refractivity contribution in [2.45, 2.75) is 20.4 Å². The van der Waals surface area contributed by atoms with E-state index in [-0.39, 0.29) is 5.56 Å². The Morgan fingerprint density at radius 3 is 2.88 bits per heavy atom. The van der Waals surface area contributed by atoms with Crippen molar-refractivity contribution in [1.29, 1.82) is 0 Å². The first-order chi connectivity index (χ1) is 12.1. The summed E-state index contributed by atoms with van der Waals surface area (Å²) < 4.78 is 1.54. The highest BCUT2D eigenvalue weighted by Gasteiger charge is 2.07. The summed E-state index contributed by atoms with van der Waals surface area (Å²) in [6.07, 6.45) is 3.53. The molecule has 25 heavy (non-hydrogen) atoms. The second-order valence-corrected chi connectivity index (χ2v) is 6.13. The number of hydrogen-bond acceptors (Lipinski definition) is 4. The summed E-state index contributed by atoms with van der Waals surface area (Å²) in [6.45, 7) is 4.65. The minimum atomic E-state index is -0.0755. The Morgan fingerprint density at radius 2 is 2.00 bits per heavy atom. The largest absolute Gasteiger partial charge is 0.379 e. The number of fused-ring (bicyclic) bond motifs is 2. The highest BCUT2D eigenvalue weighted by Crippen LogP contribution is 2.26. The smallest absolute Gasteiger partial charge is 0.258 e. The lowest BCUT2D eigenvalue weighted by atomic mass is 10.0. The third-order valence-corrected chi connectivity index (χ3v) is 4.52. The molecule has 0 amide bonds. The van der Waals surface area contributed by atoms with Crippen LogP contribution in [0.15, 0.2) is 59.7 Å². The van der Waals surface area contributed by atoms with Crippen LogP contribution < -0.4 is 10.9 Å². The maximum atomic E-state index is 12.2. The van der Waals surface area contributed by atoms with Crippen molar-refractivity contribution in [3.05, 3.63) is 82.0 Å². The summed E-state index contributed by atoms with van der Waals surface area (Å²) in [5, 5.41) is 4.46. The Hall–Kier alpha value is -3.21. The zero-order valence-electron chi connectivity index (χ0n) is 14.2. The van der Waals surface area contributed by atoms with Gasteiger partial charge in [0.05, 0.1) is 17.8 Å². The molecule has 0 fully saturated rings. The standard InChI is InChI=1S/C20H18N4O/c1-13-6-7-16-17(8-9-21-20(16)14(13)2)22-12-15-11-19(25)24-10-4-3-5-18(24)23-15/h3-11H,12H2,1-2H3,(H,21,22). The lowest BCUT2D eigenvalue weighted by Gasteiger charge is -2.12. The molecule has 0 atom stereocenters. The van der Waals surface area contributed by atoms with Gasteiger partial charge in [-0.1, -0.05) is 18.2 Å². The van der Waals surface area contributed by atoms with Gasteiger partial charge in [-0.15, -0.1) is 0 Å². The van der Waals surface area contributed by atoms with E-state index in [1.54, 1.807) is 18.5 Å². The SMILES string of the molecule is Cc1ccc2c(NCc3cc(=O)n4ccccc4n3)ccnc2c1C. The fourth-order valence-corrected chi connectivity index (χ4v) is 2.99. The van der Waals surface area contributed by atoms with Crippen LogP contribution >= 0.6 is 0 Å². The van der Waals surface area contributed by atoms with E-state index in [1.807, 2.05) is 24.3 Å². The maximum Gasteiger partial charge on any atom is 0.258 e. The Morgan fingerprint density at radius 1 is 1.12 bits per heavy atom. The normalized spacial score (nSPS) is 11.1. The zero-order valence-corrected chi connectivity index (χ0v) is 14.2. The molecule has 3 heterocycles. The first-order valence-electron chi connectivity index (χ1n) is 8.19. The first kappa shape index (κ1) is 15.3. The fourth-order valence-electron chi connectivity index (χ4n) is 2.99. The molecule has 5 heteroatoms. The predicted molar refractivity (Wildman–Crippen MR) is 100 cm³/mol. The van der Waals surface area contributed by atoms with Crippen molar-refractivity contribution in [2.75, 3.05) is 5.32 Å². The molecule has 0 aliphatic rings. The Kier molecular flexibility index (Phi) is 3.69. The van der Waals surface area contributed by atoms with Gasteiger partial charge in [0.15, 0.2) is 0 Å². The van der Waals surface area contributed by atoms with Gasteiger partial charge in [-0.25, -0.2) is 4.98 Å². The van der Waals surface area contributed by atoms with Gasteiger partial charge < -0.3 is 5.32 Å². The molecule has 0 bridgehead atoms. The third kappa shape index (κ3) is 2.74. The molecule has 1 N–H and O–H groups in total. The number of nitrogens with zero attached hydrogens (tertiary/aromatic N) is 3. The zero-order chi connectivity index (χ0) is 17.4. The summed E-state index contributed by atoms with van der Waals surface area (Å²) >= 11 is 0.